The Labute approximate surface area is 87.2 Å². The van der Waals surface area contributed by atoms with Gasteiger partial charge in [-0.2, -0.15) is 0 Å². The lowest BCUT2D eigenvalue weighted by molar-refractivity contribution is 0.179. The van der Waals surface area contributed by atoms with Crippen LogP contribution in [0.3, 0.4) is 0 Å². The SMILES string of the molecule is Cc1cc(-c2ccccc2)n(O)c(=O)c1. The minimum Gasteiger partial charge on any atom is -0.425 e. The van der Waals surface area contributed by atoms with Crippen molar-refractivity contribution in [2.75, 3.05) is 0 Å². The fourth-order valence-corrected chi connectivity index (χ4v) is 1.51. The molecule has 0 spiro atoms. The van der Waals surface area contributed by atoms with Crippen LogP contribution in [0.2, 0.25) is 0 Å². The second kappa shape index (κ2) is 3.61. The third kappa shape index (κ3) is 1.76. The first-order valence-corrected chi connectivity index (χ1v) is 4.67. The number of hydrogen-bond donors (Lipinski definition) is 1. The van der Waals surface area contributed by atoms with Crippen LogP contribution in [0.25, 0.3) is 11.3 Å². The predicted molar refractivity (Wildman–Crippen MR) is 58.1 cm³/mol. The molecule has 3 nitrogen and oxygen atoms in total. The van der Waals surface area contributed by atoms with E-state index in [1.807, 2.05) is 37.3 Å². The van der Waals surface area contributed by atoms with Gasteiger partial charge in [-0.1, -0.05) is 30.3 Å². The maximum absolute atomic E-state index is 11.3. The van der Waals surface area contributed by atoms with Gasteiger partial charge in [-0.05, 0) is 18.6 Å². The molecule has 1 heterocycles. The molecule has 0 fully saturated rings. The summed E-state index contributed by atoms with van der Waals surface area (Å²) in [7, 11) is 0. The molecule has 0 atom stereocenters. The van der Waals surface area contributed by atoms with Crippen molar-refractivity contribution in [3.05, 3.63) is 58.4 Å². The lowest BCUT2D eigenvalue weighted by Gasteiger charge is -2.06. The Morgan fingerprint density at radius 1 is 1.13 bits per heavy atom. The monoisotopic (exact) mass is 201 g/mol. The van der Waals surface area contributed by atoms with E-state index in [-0.39, 0.29) is 0 Å². The third-order valence-corrected chi connectivity index (χ3v) is 2.22. The van der Waals surface area contributed by atoms with Gasteiger partial charge in [-0.3, -0.25) is 4.79 Å². The van der Waals surface area contributed by atoms with Gasteiger partial charge in [0.15, 0.2) is 0 Å². The maximum atomic E-state index is 11.3. The standard InChI is InChI=1S/C12H11NO2/c1-9-7-11(13(15)12(14)8-9)10-5-3-2-4-6-10/h2-8,15H,1H3. The fourth-order valence-electron chi connectivity index (χ4n) is 1.51. The molecule has 0 bridgehead atoms. The number of hydrogen-bond acceptors (Lipinski definition) is 2. The molecule has 0 aliphatic carbocycles. The molecule has 2 rings (SSSR count). The Bertz CT molecular complexity index is 529. The minimum absolute atomic E-state index is 0.408. The van der Waals surface area contributed by atoms with Gasteiger partial charge in [0.25, 0.3) is 5.56 Å². The van der Waals surface area contributed by atoms with Crippen LogP contribution in [0.5, 0.6) is 0 Å². The first-order valence-electron chi connectivity index (χ1n) is 4.67. The van der Waals surface area contributed by atoms with Crippen LogP contribution >= 0.6 is 0 Å². The summed E-state index contributed by atoms with van der Waals surface area (Å²) < 4.78 is 0.669. The highest BCUT2D eigenvalue weighted by atomic mass is 16.5. The van der Waals surface area contributed by atoms with E-state index in [0.29, 0.717) is 10.4 Å². The molecule has 0 aliphatic rings. The smallest absolute Gasteiger partial charge is 0.283 e. The lowest BCUT2D eigenvalue weighted by atomic mass is 10.1. The van der Waals surface area contributed by atoms with Crippen molar-refractivity contribution in [2.24, 2.45) is 0 Å². The summed E-state index contributed by atoms with van der Waals surface area (Å²) in [6.07, 6.45) is 0. The second-order valence-electron chi connectivity index (χ2n) is 3.43. The highest BCUT2D eigenvalue weighted by Crippen LogP contribution is 2.17. The molecule has 3 heteroatoms. The van der Waals surface area contributed by atoms with Gasteiger partial charge in [0.05, 0.1) is 5.69 Å². The number of pyridine rings is 1. The summed E-state index contributed by atoms with van der Waals surface area (Å²) in [5.74, 6) is 0. The Morgan fingerprint density at radius 2 is 1.80 bits per heavy atom. The van der Waals surface area contributed by atoms with Crippen LogP contribution in [0, 0.1) is 6.92 Å². The molecule has 0 amide bonds. The highest BCUT2D eigenvalue weighted by Gasteiger charge is 2.05. The minimum atomic E-state index is -0.408. The van der Waals surface area contributed by atoms with E-state index in [4.69, 9.17) is 0 Å². The predicted octanol–water partition coefficient (Wildman–Crippen LogP) is 2.06. The van der Waals surface area contributed by atoms with Crippen LogP contribution in [0.1, 0.15) is 5.56 Å². The number of nitrogens with zero attached hydrogens (tertiary/aromatic N) is 1. The Morgan fingerprint density at radius 3 is 2.47 bits per heavy atom. The van der Waals surface area contributed by atoms with Crippen molar-refractivity contribution in [1.82, 2.24) is 4.73 Å². The van der Waals surface area contributed by atoms with E-state index in [1.54, 1.807) is 6.07 Å². The zero-order valence-corrected chi connectivity index (χ0v) is 8.34. The fraction of sp³-hybridized carbons (Fsp3) is 0.0833. The lowest BCUT2D eigenvalue weighted by Crippen LogP contribution is -2.18. The van der Waals surface area contributed by atoms with Crippen molar-refractivity contribution in [3.63, 3.8) is 0 Å². The molecule has 1 aromatic carbocycles. The molecular formula is C12H11NO2. The van der Waals surface area contributed by atoms with Crippen LogP contribution in [0.4, 0.5) is 0 Å². The van der Waals surface area contributed by atoms with Crippen molar-refractivity contribution >= 4 is 0 Å². The van der Waals surface area contributed by atoms with Crippen LogP contribution in [-0.2, 0) is 0 Å². The third-order valence-electron chi connectivity index (χ3n) is 2.22. The maximum Gasteiger partial charge on any atom is 0.283 e. The van der Waals surface area contributed by atoms with E-state index in [1.165, 1.54) is 6.07 Å². The average molecular weight is 201 g/mol. The summed E-state index contributed by atoms with van der Waals surface area (Å²) in [5.41, 5.74) is 1.76. The van der Waals surface area contributed by atoms with Gasteiger partial charge in [0, 0.05) is 11.6 Å². The van der Waals surface area contributed by atoms with Crippen LogP contribution < -0.4 is 5.56 Å². The zero-order chi connectivity index (χ0) is 10.8. The number of benzene rings is 1. The number of aromatic nitrogens is 1. The van der Waals surface area contributed by atoms with Crippen molar-refractivity contribution in [1.29, 1.82) is 0 Å². The first-order chi connectivity index (χ1) is 7.18. The average Bonchev–Trinajstić information content (AvgIpc) is 2.24. The van der Waals surface area contributed by atoms with Gasteiger partial charge >= 0.3 is 0 Å². The van der Waals surface area contributed by atoms with Crippen LogP contribution in [0.15, 0.2) is 47.3 Å². The quantitative estimate of drug-likeness (QED) is 0.717. The summed E-state index contributed by atoms with van der Waals surface area (Å²) in [6.45, 7) is 1.83. The molecule has 0 unspecified atom stereocenters. The molecule has 0 saturated carbocycles. The summed E-state index contributed by atoms with van der Waals surface area (Å²) in [6, 6.07) is 12.5. The van der Waals surface area contributed by atoms with Gasteiger partial charge in [-0.15, -0.1) is 4.73 Å². The van der Waals surface area contributed by atoms with Crippen LogP contribution in [-0.4, -0.2) is 9.94 Å². The van der Waals surface area contributed by atoms with E-state index in [9.17, 15) is 10.0 Å². The summed E-state index contributed by atoms with van der Waals surface area (Å²) >= 11 is 0. The molecule has 2 aromatic rings. The van der Waals surface area contributed by atoms with Gasteiger partial charge in [0.1, 0.15) is 0 Å². The Kier molecular flexibility index (Phi) is 2.29. The van der Waals surface area contributed by atoms with E-state index in [2.05, 4.69) is 0 Å². The van der Waals surface area contributed by atoms with Crippen molar-refractivity contribution < 1.29 is 5.21 Å². The van der Waals surface area contributed by atoms with Gasteiger partial charge in [-0.25, -0.2) is 0 Å². The topological polar surface area (TPSA) is 42.2 Å². The largest absolute Gasteiger partial charge is 0.425 e. The zero-order valence-electron chi connectivity index (χ0n) is 8.34. The van der Waals surface area contributed by atoms with Crippen molar-refractivity contribution in [3.8, 4) is 11.3 Å². The van der Waals surface area contributed by atoms with Crippen molar-refractivity contribution in [2.45, 2.75) is 6.92 Å². The summed E-state index contributed by atoms with van der Waals surface area (Å²) in [5, 5.41) is 9.58. The van der Waals surface area contributed by atoms with Gasteiger partial charge < -0.3 is 5.21 Å². The first kappa shape index (κ1) is 9.52. The molecule has 0 saturated heterocycles. The highest BCUT2D eigenvalue weighted by molar-refractivity contribution is 5.59. The molecule has 1 aromatic heterocycles. The Balaban J connectivity index is 2.68. The molecule has 0 aliphatic heterocycles. The summed E-state index contributed by atoms with van der Waals surface area (Å²) in [4.78, 5) is 11.3. The molecular weight excluding hydrogens is 190 g/mol. The van der Waals surface area contributed by atoms with Gasteiger partial charge in [0.2, 0.25) is 0 Å². The normalized spacial score (nSPS) is 10.2. The van der Waals surface area contributed by atoms with E-state index in [0.717, 1.165) is 11.1 Å². The molecule has 0 radical (unpaired) electrons. The van der Waals surface area contributed by atoms with E-state index < -0.39 is 5.56 Å². The molecule has 76 valence electrons. The Hall–Kier alpha value is -2.03. The number of rotatable bonds is 1. The van der Waals surface area contributed by atoms with E-state index >= 15 is 0 Å². The molecule has 1 N–H and O–H groups in total. The molecule has 15 heavy (non-hydrogen) atoms. The second-order valence-corrected chi connectivity index (χ2v) is 3.43. The number of aryl methyl sites for hydroxylation is 1.